The molecular formula is C30H43N3O6S2. The third-order valence-corrected chi connectivity index (χ3v) is 11.7. The molecule has 3 saturated heterocycles. The van der Waals surface area contributed by atoms with Crippen LogP contribution in [-0.4, -0.2) is 78.0 Å². The predicted molar refractivity (Wildman–Crippen MR) is 162 cm³/mol. The monoisotopic (exact) mass is 605 g/mol. The maximum Gasteiger partial charge on any atom is 0.408 e. The topological polar surface area (TPSA) is 118 Å². The molecule has 11 heteroatoms. The average Bonchev–Trinajstić information content (AvgIpc) is 2.97. The summed E-state index contributed by atoms with van der Waals surface area (Å²) in [5.74, 6) is 4.30. The molecule has 4 fully saturated rings. The fourth-order valence-corrected chi connectivity index (χ4v) is 9.14. The molecule has 7 atom stereocenters. The lowest BCUT2D eigenvalue weighted by Gasteiger charge is -2.52. The van der Waals surface area contributed by atoms with E-state index in [1.165, 1.54) is 24.3 Å². The Kier molecular flexibility index (Phi) is 9.99. The number of nitrogens with one attached hydrogen (secondary N) is 1. The van der Waals surface area contributed by atoms with Gasteiger partial charge in [-0.15, -0.1) is 0 Å². The van der Waals surface area contributed by atoms with Crippen molar-refractivity contribution in [1.29, 1.82) is 0 Å². The molecule has 2 aromatic rings. The molecule has 1 amide bonds. The molecule has 0 radical (unpaired) electrons. The minimum atomic E-state index is -4.29. The van der Waals surface area contributed by atoms with Crippen molar-refractivity contribution in [2.24, 2.45) is 11.8 Å². The van der Waals surface area contributed by atoms with Crippen molar-refractivity contribution in [3.63, 3.8) is 0 Å². The van der Waals surface area contributed by atoms with Crippen LogP contribution in [0.4, 0.5) is 4.79 Å². The van der Waals surface area contributed by atoms with Crippen LogP contribution in [-0.2, 0) is 14.9 Å². The molecule has 2 bridgehead atoms. The summed E-state index contributed by atoms with van der Waals surface area (Å²) >= 11 is 2.03. The molecule has 9 nitrogen and oxygen atoms in total. The first kappa shape index (κ1) is 30.4. The largest absolute Gasteiger partial charge is 0.497 e. The van der Waals surface area contributed by atoms with Crippen LogP contribution in [0.1, 0.15) is 70.0 Å². The number of hydrogen-bond donors (Lipinski definition) is 2. The Labute approximate surface area is 247 Å². The quantitative estimate of drug-likeness (QED) is 0.255. The lowest BCUT2D eigenvalue weighted by atomic mass is 9.72. The number of piperidine rings is 3. The number of hydrogen-bond acceptors (Lipinski definition) is 8. The number of pyridine rings is 1. The van der Waals surface area contributed by atoms with E-state index >= 15 is 0 Å². The molecular weight excluding hydrogens is 562 g/mol. The molecule has 4 heterocycles. The summed E-state index contributed by atoms with van der Waals surface area (Å²) in [6, 6.07) is 6.95. The molecule has 226 valence electrons. The summed E-state index contributed by atoms with van der Waals surface area (Å²) < 4.78 is 45.7. The number of benzene rings is 1. The molecule has 1 aliphatic carbocycles. The van der Waals surface area contributed by atoms with Crippen molar-refractivity contribution in [3.8, 4) is 5.75 Å². The molecule has 5 unspecified atom stereocenters. The van der Waals surface area contributed by atoms with Gasteiger partial charge in [0.15, 0.2) is 0 Å². The van der Waals surface area contributed by atoms with Gasteiger partial charge in [-0.3, -0.25) is 14.4 Å². The van der Waals surface area contributed by atoms with Crippen LogP contribution in [0, 0.1) is 11.8 Å². The standard InChI is InChI=1S/C30H43N3O6S2/c1-3-15-40-16-12-21-19-33-14-11-20(21)17-27(33)29(23-10-13-31-25-9-8-22(38-2)18-24(23)25)39-30(34)32-26-6-4-5-7-28(26)41(35,36)37/h8-10,13,18,20-21,26-29H,3-7,11-12,14-17,19H2,1-2H3,(H,32,34)(H,35,36,37)/t20?,21?,26-,27?,28-,29?/m0/s1. The van der Waals surface area contributed by atoms with Gasteiger partial charge in [0.25, 0.3) is 10.1 Å². The fourth-order valence-electron chi connectivity index (χ4n) is 7.09. The Hall–Kier alpha value is -2.08. The number of aromatic nitrogens is 1. The molecule has 1 aromatic carbocycles. The van der Waals surface area contributed by atoms with Gasteiger partial charge in [-0.05, 0) is 92.7 Å². The molecule has 1 aromatic heterocycles. The minimum Gasteiger partial charge on any atom is -0.497 e. The van der Waals surface area contributed by atoms with E-state index in [0.29, 0.717) is 36.8 Å². The Morgan fingerprint density at radius 1 is 1.22 bits per heavy atom. The number of rotatable bonds is 11. The number of amides is 1. The highest BCUT2D eigenvalue weighted by molar-refractivity contribution is 7.99. The first-order chi connectivity index (χ1) is 19.8. The van der Waals surface area contributed by atoms with Crippen LogP contribution in [0.25, 0.3) is 10.9 Å². The summed E-state index contributed by atoms with van der Waals surface area (Å²) in [5.41, 5.74) is 1.66. The lowest BCUT2D eigenvalue weighted by Crippen LogP contribution is -2.56. The molecule has 3 aliphatic heterocycles. The molecule has 0 spiro atoms. The van der Waals surface area contributed by atoms with Gasteiger partial charge in [0.2, 0.25) is 0 Å². The van der Waals surface area contributed by atoms with Crippen LogP contribution in [0.3, 0.4) is 0 Å². The Morgan fingerprint density at radius 3 is 2.78 bits per heavy atom. The average molecular weight is 606 g/mol. The zero-order valence-electron chi connectivity index (χ0n) is 24.0. The summed E-state index contributed by atoms with van der Waals surface area (Å²) in [5, 5.41) is 2.67. The van der Waals surface area contributed by atoms with Crippen molar-refractivity contribution in [1.82, 2.24) is 15.2 Å². The third-order valence-electron chi connectivity index (χ3n) is 9.18. The predicted octanol–water partition coefficient (Wildman–Crippen LogP) is 5.45. The summed E-state index contributed by atoms with van der Waals surface area (Å²) in [4.78, 5) is 20.5. The van der Waals surface area contributed by atoms with Crippen molar-refractivity contribution < 1.29 is 27.2 Å². The molecule has 41 heavy (non-hydrogen) atoms. The first-order valence-electron chi connectivity index (χ1n) is 15.0. The highest BCUT2D eigenvalue weighted by Gasteiger charge is 2.45. The van der Waals surface area contributed by atoms with E-state index in [4.69, 9.17) is 9.47 Å². The van der Waals surface area contributed by atoms with Crippen LogP contribution < -0.4 is 10.1 Å². The Bertz CT molecular complexity index is 1310. The second-order valence-electron chi connectivity index (χ2n) is 11.7. The summed E-state index contributed by atoms with van der Waals surface area (Å²) in [6.07, 6.45) is 7.30. The van der Waals surface area contributed by atoms with Crippen molar-refractivity contribution in [2.75, 3.05) is 31.7 Å². The number of carbonyl (C=O) groups is 1. The van der Waals surface area contributed by atoms with Gasteiger partial charge in [0.05, 0.1) is 24.7 Å². The van der Waals surface area contributed by atoms with E-state index in [1.54, 1.807) is 13.3 Å². The Balaban J connectivity index is 1.41. The minimum absolute atomic E-state index is 0.000395. The summed E-state index contributed by atoms with van der Waals surface area (Å²) in [6.45, 7) is 4.18. The van der Waals surface area contributed by atoms with Crippen LogP contribution in [0.5, 0.6) is 5.75 Å². The normalized spacial score (nSPS) is 28.8. The zero-order valence-corrected chi connectivity index (χ0v) is 25.7. The van der Waals surface area contributed by atoms with E-state index < -0.39 is 33.6 Å². The van der Waals surface area contributed by atoms with Crippen molar-refractivity contribution in [3.05, 3.63) is 36.0 Å². The van der Waals surface area contributed by atoms with Crippen molar-refractivity contribution >= 4 is 38.9 Å². The van der Waals surface area contributed by atoms with Gasteiger partial charge >= 0.3 is 6.09 Å². The van der Waals surface area contributed by atoms with Crippen LogP contribution >= 0.6 is 11.8 Å². The fraction of sp³-hybridized carbons (Fsp3) is 0.667. The number of alkyl carbamates (subject to hydrolysis) is 1. The number of thioether (sulfide) groups is 1. The van der Waals surface area contributed by atoms with Gasteiger partial charge in [-0.2, -0.15) is 20.2 Å². The van der Waals surface area contributed by atoms with Crippen LogP contribution in [0.15, 0.2) is 30.5 Å². The van der Waals surface area contributed by atoms with E-state index in [-0.39, 0.29) is 6.04 Å². The number of fused-ring (bicyclic) bond motifs is 4. The summed E-state index contributed by atoms with van der Waals surface area (Å²) in [7, 11) is -2.66. The highest BCUT2D eigenvalue weighted by atomic mass is 32.2. The van der Waals surface area contributed by atoms with Gasteiger partial charge in [-0.1, -0.05) is 19.8 Å². The number of ether oxygens (including phenoxy) is 2. The maximum atomic E-state index is 13.5. The number of methoxy groups -OCH3 is 1. The van der Waals surface area contributed by atoms with Gasteiger partial charge in [0, 0.05) is 23.7 Å². The zero-order chi connectivity index (χ0) is 29.0. The smallest absolute Gasteiger partial charge is 0.408 e. The van der Waals surface area contributed by atoms with E-state index in [2.05, 4.69) is 22.1 Å². The highest BCUT2D eigenvalue weighted by Crippen LogP contribution is 2.44. The van der Waals surface area contributed by atoms with E-state index in [1.807, 2.05) is 36.0 Å². The van der Waals surface area contributed by atoms with Crippen molar-refractivity contribution in [2.45, 2.75) is 81.7 Å². The molecule has 4 aliphatic rings. The third kappa shape index (κ3) is 7.12. The maximum absolute atomic E-state index is 13.5. The Morgan fingerprint density at radius 2 is 2.05 bits per heavy atom. The van der Waals surface area contributed by atoms with Gasteiger partial charge < -0.3 is 14.8 Å². The molecule has 1 saturated carbocycles. The second-order valence-corrected chi connectivity index (χ2v) is 14.6. The van der Waals surface area contributed by atoms with Gasteiger partial charge in [0.1, 0.15) is 17.1 Å². The van der Waals surface area contributed by atoms with E-state index in [9.17, 15) is 17.8 Å². The van der Waals surface area contributed by atoms with Gasteiger partial charge in [-0.25, -0.2) is 4.79 Å². The number of nitrogens with zero attached hydrogens (tertiary/aromatic N) is 2. The van der Waals surface area contributed by atoms with E-state index in [0.717, 1.165) is 48.8 Å². The van der Waals surface area contributed by atoms with Crippen LogP contribution in [0.2, 0.25) is 0 Å². The molecule has 2 N–H and O–H groups in total. The lowest BCUT2D eigenvalue weighted by molar-refractivity contribution is -0.0606. The first-order valence-corrected chi connectivity index (χ1v) is 17.6. The molecule has 6 rings (SSSR count). The second kappa shape index (κ2) is 13.5. The number of carbonyl (C=O) groups excluding carboxylic acids is 1. The SMILES string of the molecule is CCCSCCC1CN2CCC1CC2C(OC(=O)N[C@H]1CCCC[C@@H]1S(=O)(=O)O)c1ccnc2ccc(OC)cc12.